The van der Waals surface area contributed by atoms with Gasteiger partial charge in [0.15, 0.2) is 0 Å². The minimum absolute atomic E-state index is 0.266. The molecule has 0 spiro atoms. The molecule has 18 aromatic rings. The van der Waals surface area contributed by atoms with Crippen LogP contribution in [-0.4, -0.2) is 6.71 Å². The van der Waals surface area contributed by atoms with Crippen LogP contribution in [0.25, 0.3) is 142 Å². The summed E-state index contributed by atoms with van der Waals surface area (Å²) in [5, 5.41) is 7.43. The second-order valence-corrected chi connectivity index (χ2v) is 30.5. The van der Waals surface area contributed by atoms with Crippen molar-refractivity contribution >= 4 is 110 Å². The molecule has 0 amide bonds. The van der Waals surface area contributed by atoms with E-state index in [1.807, 2.05) is 11.3 Å². The Morgan fingerprint density at radius 1 is 0.236 bits per heavy atom. The summed E-state index contributed by atoms with van der Waals surface area (Å²) in [4.78, 5) is 5.44. The molecule has 0 unspecified atom stereocenters. The Bertz CT molecular complexity index is 6290. The fourth-order valence-corrected chi connectivity index (χ4v) is 18.3. The highest BCUT2D eigenvalue weighted by Crippen LogP contribution is 2.56. The molecule has 0 fully saturated rings. The van der Waals surface area contributed by atoms with Crippen LogP contribution in [0.4, 0.5) is 34.1 Å². The number of fused-ring (bicyclic) bond motifs is 9. The summed E-state index contributed by atoms with van der Waals surface area (Å²) in [5.74, 6) is 0. The average Bonchev–Trinajstić information content (AvgIpc) is 0.818. The molecule has 498 valence electrons. The van der Waals surface area contributed by atoms with Crippen molar-refractivity contribution in [2.24, 2.45) is 0 Å². The van der Waals surface area contributed by atoms with Gasteiger partial charge in [-0.3, -0.25) is 0 Å². The minimum atomic E-state index is -0.337. The van der Waals surface area contributed by atoms with Gasteiger partial charge in [0.2, 0.25) is 0 Å². The highest BCUT2D eigenvalue weighted by atomic mass is 32.1. The molecule has 2 aliphatic heterocycles. The van der Waals surface area contributed by atoms with E-state index in [1.54, 1.807) is 0 Å². The number of hydrogen-bond acceptors (Lipinski definition) is 3. The van der Waals surface area contributed by atoms with Crippen LogP contribution >= 0.6 is 11.3 Å². The van der Waals surface area contributed by atoms with Crippen LogP contribution < -0.4 is 26.2 Å². The molecule has 20 rings (SSSR count). The fraction of sp³-hybridized carbons (Fsp3) is 0.0392. The summed E-state index contributed by atoms with van der Waals surface area (Å²) in [5.41, 5.74) is 32.3. The molecular formula is C102H71BN2S. The van der Waals surface area contributed by atoms with E-state index in [1.165, 1.54) is 91.5 Å². The van der Waals surface area contributed by atoms with Gasteiger partial charge < -0.3 is 9.80 Å². The number of benzene rings is 17. The van der Waals surface area contributed by atoms with Gasteiger partial charge in [-0.1, -0.05) is 330 Å². The molecule has 1 aromatic heterocycles. The number of nitrogens with zero attached hydrogens (tertiary/aromatic N) is 2. The summed E-state index contributed by atoms with van der Waals surface area (Å²) >= 11 is 1.87. The number of hydrogen-bond donors (Lipinski definition) is 0. The van der Waals surface area contributed by atoms with E-state index in [0.717, 1.165) is 106 Å². The fourth-order valence-electron chi connectivity index (χ4n) is 17.2. The van der Waals surface area contributed by atoms with Crippen molar-refractivity contribution in [3.63, 3.8) is 0 Å². The molecule has 2 nitrogen and oxygen atoms in total. The molecule has 0 radical (unpaired) electrons. The van der Waals surface area contributed by atoms with Gasteiger partial charge in [0, 0.05) is 65.2 Å². The normalized spacial score (nSPS) is 12.4. The van der Waals surface area contributed by atoms with Gasteiger partial charge in [-0.25, -0.2) is 0 Å². The lowest BCUT2D eigenvalue weighted by Gasteiger charge is -2.46. The van der Waals surface area contributed by atoms with Gasteiger partial charge in [-0.15, -0.1) is 11.3 Å². The lowest BCUT2D eigenvalue weighted by Crippen LogP contribution is -2.61. The van der Waals surface area contributed by atoms with Crippen LogP contribution in [-0.2, 0) is 5.41 Å². The quantitative estimate of drug-likeness (QED) is 0.0941. The Kier molecular flexibility index (Phi) is 15.1. The first-order valence-electron chi connectivity index (χ1n) is 36.9. The lowest BCUT2D eigenvalue weighted by atomic mass is 9.33. The van der Waals surface area contributed by atoms with Crippen molar-refractivity contribution in [1.29, 1.82) is 0 Å². The Morgan fingerprint density at radius 3 is 1.05 bits per heavy atom. The van der Waals surface area contributed by atoms with Gasteiger partial charge >= 0.3 is 0 Å². The average molecular weight is 1370 g/mol. The Labute approximate surface area is 623 Å². The maximum absolute atomic E-state index is 2.74. The third-order valence-electron chi connectivity index (χ3n) is 22.1. The molecule has 0 saturated heterocycles. The van der Waals surface area contributed by atoms with Crippen LogP contribution in [0.2, 0.25) is 0 Å². The maximum Gasteiger partial charge on any atom is 0.252 e. The van der Waals surface area contributed by atoms with E-state index >= 15 is 0 Å². The molecule has 3 heterocycles. The van der Waals surface area contributed by atoms with Crippen molar-refractivity contribution in [3.8, 4) is 100 Å². The predicted octanol–water partition coefficient (Wildman–Crippen LogP) is 26.7. The van der Waals surface area contributed by atoms with Gasteiger partial charge in [-0.2, -0.15) is 0 Å². The second kappa shape index (κ2) is 25.5. The molecule has 106 heavy (non-hydrogen) atoms. The summed E-state index contributed by atoms with van der Waals surface area (Å²) in [6.45, 7) is 6.92. The van der Waals surface area contributed by atoms with Crippen molar-refractivity contribution in [1.82, 2.24) is 0 Å². The summed E-state index contributed by atoms with van der Waals surface area (Å²) in [7, 11) is 0. The Morgan fingerprint density at radius 2 is 0.594 bits per heavy atom. The standard InChI is InChI=1S/C102H71BN2S/c1-102(2,3)78-64-93-99-94(65-78)105(101-86(70-39-19-8-20-40-70)60-77(67-33-13-5-14-34-67)61-87(101)71-41-21-9-22-42-71)92-63-75(98-82-48-27-25-46-80(82)97(72-43-23-10-24-44-72)81-47-26-28-49-83(81)98)51-54-89(92)103(99)90-62-74(73-53-56-96-88(57-73)79-45-29-30-50-95(79)106-96)52-55-91(90)104(93)100-84(68-35-15-6-16-36-68)58-76(66-31-11-4-12-32-66)59-85(100)69-37-17-7-18-38-69/h4-65H,1-3H3. The number of thiophene rings is 1. The molecule has 0 saturated carbocycles. The van der Waals surface area contributed by atoms with Gasteiger partial charge in [0.05, 0.1) is 11.4 Å². The molecule has 17 aromatic carbocycles. The van der Waals surface area contributed by atoms with Crippen LogP contribution in [0.3, 0.4) is 0 Å². The largest absolute Gasteiger partial charge is 0.310 e. The monoisotopic (exact) mass is 1370 g/mol. The van der Waals surface area contributed by atoms with E-state index in [4.69, 9.17) is 0 Å². The van der Waals surface area contributed by atoms with Crippen molar-refractivity contribution in [2.75, 3.05) is 9.80 Å². The number of anilines is 6. The summed E-state index contributed by atoms with van der Waals surface area (Å²) in [6.07, 6.45) is 0. The van der Waals surface area contributed by atoms with E-state index in [9.17, 15) is 0 Å². The van der Waals surface area contributed by atoms with E-state index in [2.05, 4.69) is 407 Å². The molecule has 0 bridgehead atoms. The maximum atomic E-state index is 2.74. The Balaban J connectivity index is 0.962. The molecule has 0 atom stereocenters. The van der Waals surface area contributed by atoms with Crippen molar-refractivity contribution in [3.05, 3.63) is 382 Å². The van der Waals surface area contributed by atoms with Crippen LogP contribution in [0.5, 0.6) is 0 Å². The first-order valence-corrected chi connectivity index (χ1v) is 37.7. The lowest BCUT2D eigenvalue weighted by molar-refractivity contribution is 0.590. The highest BCUT2D eigenvalue weighted by molar-refractivity contribution is 7.25. The van der Waals surface area contributed by atoms with Gasteiger partial charge in [-0.05, 0) is 194 Å². The molecular weight excluding hydrogens is 1300 g/mol. The SMILES string of the molecule is CC(C)(C)c1cc2c3c(c1)N(c1c(-c4ccccc4)cc(-c4ccccc4)cc1-c1ccccc1)c1cc(-c4c5ccccc5c(-c5ccccc5)c5ccccc45)ccc1B3c1cc(-c3ccc4sc5ccccc5c4c3)ccc1N2c1c(-c2ccccc2)cc(-c2ccccc2)cc1-c1ccccc1. The van der Waals surface area contributed by atoms with Gasteiger partial charge in [0.25, 0.3) is 6.71 Å². The van der Waals surface area contributed by atoms with Gasteiger partial charge in [0.1, 0.15) is 0 Å². The smallest absolute Gasteiger partial charge is 0.252 e. The van der Waals surface area contributed by atoms with Crippen LogP contribution in [0.15, 0.2) is 376 Å². The first kappa shape index (κ1) is 62.9. The molecule has 0 aliphatic carbocycles. The Hall–Kier alpha value is -12.9. The zero-order valence-electron chi connectivity index (χ0n) is 59.2. The molecule has 0 N–H and O–H groups in total. The zero-order valence-corrected chi connectivity index (χ0v) is 60.0. The van der Waals surface area contributed by atoms with E-state index in [-0.39, 0.29) is 12.1 Å². The zero-order chi connectivity index (χ0) is 70.6. The molecule has 2 aliphatic rings. The predicted molar refractivity (Wildman–Crippen MR) is 456 cm³/mol. The summed E-state index contributed by atoms with van der Waals surface area (Å²) in [6, 6.07) is 142. The molecule has 4 heteroatoms. The highest BCUT2D eigenvalue weighted by Gasteiger charge is 2.46. The third-order valence-corrected chi connectivity index (χ3v) is 23.3. The van der Waals surface area contributed by atoms with E-state index in [0.29, 0.717) is 0 Å². The number of rotatable bonds is 11. The van der Waals surface area contributed by atoms with Crippen LogP contribution in [0.1, 0.15) is 26.3 Å². The van der Waals surface area contributed by atoms with Crippen LogP contribution in [0, 0.1) is 0 Å². The summed E-state index contributed by atoms with van der Waals surface area (Å²) < 4.78 is 2.59. The topological polar surface area (TPSA) is 6.48 Å². The minimum Gasteiger partial charge on any atom is -0.310 e. The first-order chi connectivity index (χ1) is 52.2. The van der Waals surface area contributed by atoms with Crippen molar-refractivity contribution in [2.45, 2.75) is 26.2 Å². The second-order valence-electron chi connectivity index (χ2n) is 29.4. The van der Waals surface area contributed by atoms with Crippen molar-refractivity contribution < 1.29 is 0 Å². The third kappa shape index (κ3) is 10.5. The van der Waals surface area contributed by atoms with E-state index < -0.39 is 0 Å².